The molecule has 0 radical (unpaired) electrons. The highest BCUT2D eigenvalue weighted by atomic mass is 32.1. The van der Waals surface area contributed by atoms with Crippen LogP contribution in [-0.4, -0.2) is 29.5 Å². The second-order valence-electron chi connectivity index (χ2n) is 6.08. The first-order valence-electron chi connectivity index (χ1n) is 8.55. The predicted octanol–water partition coefficient (Wildman–Crippen LogP) is 2.50. The molecule has 7 nitrogen and oxygen atoms in total. The number of hydrogen-bond donors (Lipinski definition) is 1. The van der Waals surface area contributed by atoms with Gasteiger partial charge in [0.25, 0.3) is 5.91 Å². The van der Waals surface area contributed by atoms with E-state index >= 15 is 0 Å². The van der Waals surface area contributed by atoms with Gasteiger partial charge in [-0.05, 0) is 23.8 Å². The molecule has 8 heteroatoms. The van der Waals surface area contributed by atoms with E-state index in [0.29, 0.717) is 10.5 Å². The lowest BCUT2D eigenvalue weighted by Gasteiger charge is -2.05. The fourth-order valence-corrected chi connectivity index (χ4v) is 3.79. The number of thiazole rings is 1. The molecule has 0 unspecified atom stereocenters. The van der Waals surface area contributed by atoms with Crippen molar-refractivity contribution in [2.24, 2.45) is 4.99 Å². The molecule has 0 bridgehead atoms. The van der Waals surface area contributed by atoms with E-state index in [-0.39, 0.29) is 24.8 Å². The molecule has 1 aromatic heterocycles. The van der Waals surface area contributed by atoms with Crippen molar-refractivity contribution in [1.82, 2.24) is 4.57 Å². The highest BCUT2D eigenvalue weighted by Crippen LogP contribution is 2.22. The van der Waals surface area contributed by atoms with E-state index in [1.807, 2.05) is 30.3 Å². The van der Waals surface area contributed by atoms with Crippen molar-refractivity contribution in [1.29, 1.82) is 0 Å². The van der Waals surface area contributed by atoms with Gasteiger partial charge in [0.15, 0.2) is 4.80 Å². The summed E-state index contributed by atoms with van der Waals surface area (Å²) in [6, 6.07) is 14.6. The van der Waals surface area contributed by atoms with Crippen molar-refractivity contribution >= 4 is 45.0 Å². The van der Waals surface area contributed by atoms with E-state index < -0.39 is 5.97 Å². The molecule has 0 aliphatic heterocycles. The molecule has 1 heterocycles. The van der Waals surface area contributed by atoms with Crippen molar-refractivity contribution in [3.63, 3.8) is 0 Å². The Bertz CT molecular complexity index is 1100. The number of fused-ring (bicyclic) bond motifs is 1. The van der Waals surface area contributed by atoms with Crippen LogP contribution in [0.3, 0.4) is 0 Å². The maximum absolute atomic E-state index is 12.4. The quantitative estimate of drug-likeness (QED) is 0.670. The number of carbonyl (C=O) groups is 3. The zero-order chi connectivity index (χ0) is 20.1. The van der Waals surface area contributed by atoms with Crippen LogP contribution in [0.2, 0.25) is 0 Å². The van der Waals surface area contributed by atoms with Gasteiger partial charge in [-0.2, -0.15) is 4.99 Å². The predicted molar refractivity (Wildman–Crippen MR) is 107 cm³/mol. The average Bonchev–Trinajstić information content (AvgIpc) is 2.98. The van der Waals surface area contributed by atoms with Crippen LogP contribution in [0.25, 0.3) is 10.2 Å². The largest absolute Gasteiger partial charge is 0.468 e. The molecular formula is C20H19N3O4S. The number of carbonyl (C=O) groups excluding carboxylic acids is 3. The molecular weight excluding hydrogens is 378 g/mol. The summed E-state index contributed by atoms with van der Waals surface area (Å²) >= 11 is 1.27. The molecule has 3 rings (SSSR count). The number of ether oxygens (including phenoxy) is 1. The standard InChI is InChI=1S/C20H19N3O4S/c1-13(24)21-15-8-9-16-17(11-15)28-20(23(16)12-19(26)27-2)22-18(25)10-14-6-4-3-5-7-14/h3-9,11H,10,12H2,1-2H3,(H,21,24). The molecule has 2 aromatic carbocycles. The molecule has 0 aliphatic carbocycles. The smallest absolute Gasteiger partial charge is 0.325 e. The van der Waals surface area contributed by atoms with Gasteiger partial charge in [-0.15, -0.1) is 0 Å². The molecule has 3 aromatic rings. The average molecular weight is 397 g/mol. The number of nitrogens with one attached hydrogen (secondary N) is 1. The lowest BCUT2D eigenvalue weighted by atomic mass is 10.1. The number of methoxy groups -OCH3 is 1. The first-order valence-corrected chi connectivity index (χ1v) is 9.37. The molecule has 0 aliphatic rings. The van der Waals surface area contributed by atoms with E-state index in [4.69, 9.17) is 4.74 Å². The number of amides is 2. The van der Waals surface area contributed by atoms with E-state index in [9.17, 15) is 14.4 Å². The van der Waals surface area contributed by atoms with Gasteiger partial charge in [-0.1, -0.05) is 41.7 Å². The highest BCUT2D eigenvalue weighted by molar-refractivity contribution is 7.16. The zero-order valence-electron chi connectivity index (χ0n) is 15.5. The second-order valence-corrected chi connectivity index (χ2v) is 7.09. The first-order chi connectivity index (χ1) is 13.5. The SMILES string of the molecule is COC(=O)Cn1c(=NC(=O)Cc2ccccc2)sc2cc(NC(C)=O)ccc21. The van der Waals surface area contributed by atoms with Crippen molar-refractivity contribution in [2.75, 3.05) is 12.4 Å². The third kappa shape index (κ3) is 4.72. The molecule has 0 saturated heterocycles. The van der Waals surface area contributed by atoms with Gasteiger partial charge in [-0.3, -0.25) is 14.4 Å². The molecule has 0 saturated carbocycles. The minimum absolute atomic E-state index is 0.0621. The summed E-state index contributed by atoms with van der Waals surface area (Å²) in [6.45, 7) is 1.37. The van der Waals surface area contributed by atoms with Crippen LogP contribution in [0.5, 0.6) is 0 Å². The number of benzene rings is 2. The maximum Gasteiger partial charge on any atom is 0.325 e. The molecule has 0 fully saturated rings. The number of anilines is 1. The monoisotopic (exact) mass is 397 g/mol. The van der Waals surface area contributed by atoms with Crippen molar-refractivity contribution in [3.05, 3.63) is 58.9 Å². The third-order valence-electron chi connectivity index (χ3n) is 3.94. The summed E-state index contributed by atoms with van der Waals surface area (Å²) in [6.07, 6.45) is 0.171. The van der Waals surface area contributed by atoms with Crippen LogP contribution in [0.1, 0.15) is 12.5 Å². The Morgan fingerprint density at radius 3 is 2.57 bits per heavy atom. The van der Waals surface area contributed by atoms with E-state index in [2.05, 4.69) is 10.3 Å². The molecule has 1 N–H and O–H groups in total. The van der Waals surface area contributed by atoms with Crippen molar-refractivity contribution in [2.45, 2.75) is 19.9 Å². The summed E-state index contributed by atoms with van der Waals surface area (Å²) in [5.74, 6) is -0.928. The normalized spacial score (nSPS) is 11.4. The third-order valence-corrected chi connectivity index (χ3v) is 4.98. The van der Waals surface area contributed by atoms with E-state index in [1.165, 1.54) is 25.4 Å². The van der Waals surface area contributed by atoms with E-state index in [0.717, 1.165) is 15.8 Å². The first kappa shape index (κ1) is 19.5. The number of nitrogens with zero attached hydrogens (tertiary/aromatic N) is 2. The van der Waals surface area contributed by atoms with Crippen molar-refractivity contribution < 1.29 is 19.1 Å². The van der Waals surface area contributed by atoms with Crippen LogP contribution < -0.4 is 10.1 Å². The minimum Gasteiger partial charge on any atom is -0.468 e. The van der Waals surface area contributed by atoms with Gasteiger partial charge in [0.1, 0.15) is 6.54 Å². The van der Waals surface area contributed by atoms with Crippen LogP contribution >= 0.6 is 11.3 Å². The Kier molecular flexibility index (Phi) is 6.00. The molecule has 2 amide bonds. The van der Waals surface area contributed by atoms with Gasteiger partial charge < -0.3 is 14.6 Å². The van der Waals surface area contributed by atoms with Gasteiger partial charge in [-0.25, -0.2) is 0 Å². The Hall–Kier alpha value is -3.26. The Morgan fingerprint density at radius 2 is 1.89 bits per heavy atom. The van der Waals surface area contributed by atoms with Crippen molar-refractivity contribution in [3.8, 4) is 0 Å². The Labute approximate surface area is 165 Å². The van der Waals surface area contributed by atoms with Gasteiger partial charge in [0, 0.05) is 12.6 Å². The van der Waals surface area contributed by atoms with Crippen LogP contribution in [0.4, 0.5) is 5.69 Å². The summed E-state index contributed by atoms with van der Waals surface area (Å²) in [4.78, 5) is 40.2. The molecule has 0 spiro atoms. The number of hydrogen-bond acceptors (Lipinski definition) is 5. The number of aromatic nitrogens is 1. The number of esters is 1. The Morgan fingerprint density at radius 1 is 1.14 bits per heavy atom. The Balaban J connectivity index is 2.02. The highest BCUT2D eigenvalue weighted by Gasteiger charge is 2.13. The van der Waals surface area contributed by atoms with Crippen LogP contribution in [0.15, 0.2) is 53.5 Å². The van der Waals surface area contributed by atoms with Crippen LogP contribution in [0, 0.1) is 0 Å². The fourth-order valence-electron chi connectivity index (χ4n) is 2.70. The van der Waals surface area contributed by atoms with Gasteiger partial charge in [0.2, 0.25) is 5.91 Å². The lowest BCUT2D eigenvalue weighted by molar-refractivity contribution is -0.141. The minimum atomic E-state index is -0.442. The van der Waals surface area contributed by atoms with Gasteiger partial charge >= 0.3 is 5.97 Å². The summed E-state index contributed by atoms with van der Waals surface area (Å²) in [5, 5.41) is 2.72. The topological polar surface area (TPSA) is 89.8 Å². The summed E-state index contributed by atoms with van der Waals surface area (Å²) in [5.41, 5.74) is 2.23. The maximum atomic E-state index is 12.4. The molecule has 0 atom stereocenters. The van der Waals surface area contributed by atoms with Crippen LogP contribution in [-0.2, 0) is 32.1 Å². The fraction of sp³-hybridized carbons (Fsp3) is 0.200. The second kappa shape index (κ2) is 8.62. The molecule has 144 valence electrons. The zero-order valence-corrected chi connectivity index (χ0v) is 16.3. The molecule has 28 heavy (non-hydrogen) atoms. The summed E-state index contributed by atoms with van der Waals surface area (Å²) in [7, 11) is 1.31. The lowest BCUT2D eigenvalue weighted by Crippen LogP contribution is -2.22. The van der Waals surface area contributed by atoms with Gasteiger partial charge in [0.05, 0.1) is 23.7 Å². The summed E-state index contributed by atoms with van der Waals surface area (Å²) < 4.78 is 7.20. The number of rotatable bonds is 5. The van der Waals surface area contributed by atoms with E-state index in [1.54, 1.807) is 22.8 Å².